The van der Waals surface area contributed by atoms with Gasteiger partial charge in [0, 0.05) is 29.2 Å². The predicted molar refractivity (Wildman–Crippen MR) is 94.6 cm³/mol. The lowest BCUT2D eigenvalue weighted by Crippen LogP contribution is -2.43. The Morgan fingerprint density at radius 2 is 2.12 bits per heavy atom. The van der Waals surface area contributed by atoms with Crippen LogP contribution in [0.5, 0.6) is 0 Å². The first kappa shape index (κ1) is 17.0. The Morgan fingerprint density at radius 1 is 1.38 bits per heavy atom. The average Bonchev–Trinajstić information content (AvgIpc) is 3.16. The van der Waals surface area contributed by atoms with E-state index >= 15 is 0 Å². The third-order valence-electron chi connectivity index (χ3n) is 4.95. The maximum Gasteiger partial charge on any atom is 0.224 e. The highest BCUT2D eigenvalue weighted by atomic mass is 19.1. The number of hydrogen-bond donors (Lipinski definition) is 2. The molecule has 3 rings (SSSR count). The van der Waals surface area contributed by atoms with Crippen LogP contribution in [0.3, 0.4) is 0 Å². The lowest BCUT2D eigenvalue weighted by Gasteiger charge is -2.23. The van der Waals surface area contributed by atoms with E-state index in [9.17, 15) is 9.18 Å². The van der Waals surface area contributed by atoms with Crippen molar-refractivity contribution in [3.63, 3.8) is 0 Å². The minimum absolute atomic E-state index is 0.00862. The zero-order valence-corrected chi connectivity index (χ0v) is 14.5. The first-order valence-electron chi connectivity index (χ1n) is 8.85. The molecule has 2 aromatic rings. The maximum absolute atomic E-state index is 13.5. The molecule has 0 saturated carbocycles. The Morgan fingerprint density at radius 3 is 2.83 bits per heavy atom. The van der Waals surface area contributed by atoms with E-state index in [4.69, 9.17) is 0 Å². The Kier molecular flexibility index (Phi) is 5.19. The van der Waals surface area contributed by atoms with Crippen LogP contribution in [0.15, 0.2) is 18.2 Å². The largest absolute Gasteiger partial charge is 0.358 e. The molecular weight excluding hydrogens is 305 g/mol. The highest BCUT2D eigenvalue weighted by Crippen LogP contribution is 2.23. The third-order valence-corrected chi connectivity index (χ3v) is 4.95. The van der Waals surface area contributed by atoms with E-state index in [-0.39, 0.29) is 24.2 Å². The summed E-state index contributed by atoms with van der Waals surface area (Å²) in [5.41, 5.74) is 2.69. The van der Waals surface area contributed by atoms with Gasteiger partial charge >= 0.3 is 0 Å². The average molecular weight is 331 g/mol. The van der Waals surface area contributed by atoms with Crippen LogP contribution in [-0.4, -0.2) is 41.5 Å². The number of aromatic amines is 1. The van der Waals surface area contributed by atoms with Gasteiger partial charge < -0.3 is 15.2 Å². The van der Waals surface area contributed by atoms with E-state index in [1.807, 2.05) is 6.92 Å². The van der Waals surface area contributed by atoms with Gasteiger partial charge in [0.15, 0.2) is 0 Å². The van der Waals surface area contributed by atoms with Crippen LogP contribution in [0.1, 0.15) is 37.4 Å². The molecule has 0 radical (unpaired) electrons. The highest BCUT2D eigenvalue weighted by molar-refractivity contribution is 5.90. The van der Waals surface area contributed by atoms with Gasteiger partial charge in [0.25, 0.3) is 0 Å². The van der Waals surface area contributed by atoms with Crippen LogP contribution >= 0.6 is 0 Å². The molecule has 130 valence electrons. The number of amides is 1. The smallest absolute Gasteiger partial charge is 0.224 e. The van der Waals surface area contributed by atoms with Crippen LogP contribution < -0.4 is 5.32 Å². The Bertz CT molecular complexity index is 719. The number of nitrogens with zero attached hydrogens (tertiary/aromatic N) is 1. The van der Waals surface area contributed by atoms with Crippen LogP contribution in [0, 0.1) is 12.7 Å². The molecule has 1 aliphatic heterocycles. The highest BCUT2D eigenvalue weighted by Gasteiger charge is 2.19. The molecule has 1 saturated heterocycles. The molecule has 4 nitrogen and oxygen atoms in total. The van der Waals surface area contributed by atoms with Gasteiger partial charge in [-0.05, 0) is 63.0 Å². The molecule has 2 N–H and O–H groups in total. The van der Waals surface area contributed by atoms with Gasteiger partial charge in [-0.25, -0.2) is 4.39 Å². The van der Waals surface area contributed by atoms with Crippen LogP contribution in [0.25, 0.3) is 10.9 Å². The molecule has 0 unspecified atom stereocenters. The topological polar surface area (TPSA) is 48.1 Å². The number of likely N-dealkylation sites (tertiary alicyclic amines) is 1. The number of fused-ring (bicyclic) bond motifs is 1. The van der Waals surface area contributed by atoms with Crippen molar-refractivity contribution in [2.24, 2.45) is 0 Å². The second-order valence-electron chi connectivity index (χ2n) is 6.78. The Labute approximate surface area is 142 Å². The molecule has 0 aliphatic carbocycles. The predicted octanol–water partition coefficient (Wildman–Crippen LogP) is 3.15. The van der Waals surface area contributed by atoms with Gasteiger partial charge in [-0.1, -0.05) is 6.92 Å². The van der Waals surface area contributed by atoms with Crippen molar-refractivity contribution in [2.75, 3.05) is 19.6 Å². The summed E-state index contributed by atoms with van der Waals surface area (Å²) in [6, 6.07) is 4.84. The fourth-order valence-corrected chi connectivity index (χ4v) is 3.58. The van der Waals surface area contributed by atoms with Crippen LogP contribution in [-0.2, 0) is 11.2 Å². The molecule has 2 heterocycles. The zero-order valence-electron chi connectivity index (χ0n) is 14.5. The summed E-state index contributed by atoms with van der Waals surface area (Å²) in [5, 5.41) is 3.95. The molecule has 1 atom stereocenters. The van der Waals surface area contributed by atoms with Gasteiger partial charge in [0.05, 0.1) is 6.42 Å². The summed E-state index contributed by atoms with van der Waals surface area (Å²) in [6.07, 6.45) is 3.71. The van der Waals surface area contributed by atoms with Crippen molar-refractivity contribution in [1.82, 2.24) is 15.2 Å². The molecule has 1 fully saturated rings. The summed E-state index contributed by atoms with van der Waals surface area (Å²) >= 11 is 0. The van der Waals surface area contributed by atoms with Gasteiger partial charge in [-0.2, -0.15) is 0 Å². The van der Waals surface area contributed by atoms with E-state index in [0.29, 0.717) is 0 Å². The molecule has 1 aliphatic rings. The maximum atomic E-state index is 13.5. The number of halogens is 1. The lowest BCUT2D eigenvalue weighted by molar-refractivity contribution is -0.121. The number of aromatic nitrogens is 1. The summed E-state index contributed by atoms with van der Waals surface area (Å²) in [6.45, 7) is 7.22. The van der Waals surface area contributed by atoms with Crippen molar-refractivity contribution in [3.8, 4) is 0 Å². The first-order valence-corrected chi connectivity index (χ1v) is 8.85. The molecule has 1 amide bonds. The van der Waals surface area contributed by atoms with Gasteiger partial charge in [-0.3, -0.25) is 4.79 Å². The monoisotopic (exact) mass is 331 g/mol. The van der Waals surface area contributed by atoms with E-state index in [2.05, 4.69) is 22.1 Å². The quantitative estimate of drug-likeness (QED) is 0.854. The molecule has 1 aromatic carbocycles. The summed E-state index contributed by atoms with van der Waals surface area (Å²) < 4.78 is 13.5. The van der Waals surface area contributed by atoms with E-state index in [1.54, 1.807) is 6.07 Å². The van der Waals surface area contributed by atoms with Gasteiger partial charge in [0.1, 0.15) is 5.82 Å². The standard InChI is InChI=1S/C19H26FN3O/c1-3-15(12-23-8-4-5-9-23)22-19(24)11-16-13(2)21-18-7-6-14(20)10-17(16)18/h6-7,10,15,21H,3-5,8-9,11-12H2,1-2H3,(H,22,24)/t15-/m0/s1. The Balaban J connectivity index is 1.67. The zero-order chi connectivity index (χ0) is 17.1. The molecule has 24 heavy (non-hydrogen) atoms. The number of hydrogen-bond acceptors (Lipinski definition) is 2. The normalized spacial score (nSPS) is 16.6. The molecular formula is C19H26FN3O. The number of H-pyrrole nitrogens is 1. The number of rotatable bonds is 6. The van der Waals surface area contributed by atoms with Crippen molar-refractivity contribution >= 4 is 16.8 Å². The SMILES string of the molecule is CC[C@@H](CN1CCCC1)NC(=O)Cc1c(C)[nH]c2ccc(F)cc12. The lowest BCUT2D eigenvalue weighted by atomic mass is 10.1. The number of aryl methyl sites for hydroxylation is 1. The molecule has 0 spiro atoms. The minimum atomic E-state index is -0.274. The van der Waals surface area contributed by atoms with Gasteiger partial charge in [-0.15, -0.1) is 0 Å². The van der Waals surface area contributed by atoms with Crippen molar-refractivity contribution in [3.05, 3.63) is 35.3 Å². The van der Waals surface area contributed by atoms with E-state index in [1.165, 1.54) is 25.0 Å². The molecule has 5 heteroatoms. The molecule has 1 aromatic heterocycles. The fraction of sp³-hybridized carbons (Fsp3) is 0.526. The van der Waals surface area contributed by atoms with Crippen molar-refractivity contribution in [2.45, 2.75) is 45.6 Å². The number of carbonyl (C=O) groups excluding carboxylic acids is 1. The van der Waals surface area contributed by atoms with E-state index < -0.39 is 0 Å². The van der Waals surface area contributed by atoms with Gasteiger partial charge in [0.2, 0.25) is 5.91 Å². The van der Waals surface area contributed by atoms with Crippen LogP contribution in [0.4, 0.5) is 4.39 Å². The fourth-order valence-electron chi connectivity index (χ4n) is 3.58. The number of benzene rings is 1. The summed E-state index contributed by atoms with van der Waals surface area (Å²) in [7, 11) is 0. The molecule has 0 bridgehead atoms. The third kappa shape index (κ3) is 3.78. The first-order chi connectivity index (χ1) is 11.6. The van der Waals surface area contributed by atoms with Crippen LogP contribution in [0.2, 0.25) is 0 Å². The minimum Gasteiger partial charge on any atom is -0.358 e. The Hall–Kier alpha value is -1.88. The van der Waals surface area contributed by atoms with Crippen molar-refractivity contribution in [1.29, 1.82) is 0 Å². The second-order valence-corrected chi connectivity index (χ2v) is 6.78. The van der Waals surface area contributed by atoms with Crippen molar-refractivity contribution < 1.29 is 9.18 Å². The summed E-state index contributed by atoms with van der Waals surface area (Å²) in [5.74, 6) is -0.266. The number of carbonyl (C=O) groups is 1. The second kappa shape index (κ2) is 7.34. The summed E-state index contributed by atoms with van der Waals surface area (Å²) in [4.78, 5) is 18.1. The number of nitrogens with one attached hydrogen (secondary N) is 2. The van der Waals surface area contributed by atoms with E-state index in [0.717, 1.165) is 48.2 Å².